The van der Waals surface area contributed by atoms with Crippen molar-refractivity contribution in [1.82, 2.24) is 5.32 Å². The molecule has 1 N–H and O–H groups in total. The number of carbonyl (C=O) groups is 1. The second-order valence-corrected chi connectivity index (χ2v) is 7.44. The van der Waals surface area contributed by atoms with Crippen molar-refractivity contribution < 1.29 is 17.9 Å². The van der Waals surface area contributed by atoms with Gasteiger partial charge in [0.15, 0.2) is 6.61 Å². The second kappa shape index (κ2) is 6.01. The minimum absolute atomic E-state index is 0.0460. The van der Waals surface area contributed by atoms with E-state index < -0.39 is 9.05 Å². The minimum atomic E-state index is -3.76. The van der Waals surface area contributed by atoms with E-state index in [4.69, 9.17) is 15.4 Å². The molecule has 0 unspecified atom stereocenters. The Balaban J connectivity index is 1.89. The number of amides is 1. The number of ether oxygens (including phenoxy) is 1. The van der Waals surface area contributed by atoms with E-state index in [1.807, 2.05) is 0 Å². The van der Waals surface area contributed by atoms with Gasteiger partial charge in [-0.3, -0.25) is 4.79 Å². The predicted octanol–water partition coefficient (Wildman–Crippen LogP) is 1.83. The molecule has 0 spiro atoms. The highest BCUT2D eigenvalue weighted by atomic mass is 35.7. The molecule has 20 heavy (non-hydrogen) atoms. The first-order valence-corrected chi connectivity index (χ1v) is 8.62. The highest BCUT2D eigenvalue weighted by Gasteiger charge is 2.21. The van der Waals surface area contributed by atoms with Crippen LogP contribution >= 0.6 is 10.7 Å². The lowest BCUT2D eigenvalue weighted by molar-refractivity contribution is -0.123. The molecule has 1 saturated carbocycles. The first-order valence-electron chi connectivity index (χ1n) is 6.31. The number of halogens is 1. The summed E-state index contributed by atoms with van der Waals surface area (Å²) in [6.07, 6.45) is 2.35. The van der Waals surface area contributed by atoms with E-state index in [0.29, 0.717) is 23.8 Å². The smallest absolute Gasteiger partial charge is 0.261 e. The Kier molecular flexibility index (Phi) is 4.55. The number of rotatable bonds is 6. The van der Waals surface area contributed by atoms with Crippen molar-refractivity contribution in [2.75, 3.05) is 13.2 Å². The molecule has 5 nitrogen and oxygen atoms in total. The van der Waals surface area contributed by atoms with Gasteiger partial charge in [0, 0.05) is 17.2 Å². The summed E-state index contributed by atoms with van der Waals surface area (Å²) in [5.74, 6) is 0.881. The van der Waals surface area contributed by atoms with Gasteiger partial charge >= 0.3 is 0 Å². The van der Waals surface area contributed by atoms with Gasteiger partial charge < -0.3 is 10.1 Å². The molecule has 0 radical (unpaired) electrons. The highest BCUT2D eigenvalue weighted by molar-refractivity contribution is 8.13. The van der Waals surface area contributed by atoms with Crippen LogP contribution in [-0.2, 0) is 13.8 Å². The van der Waals surface area contributed by atoms with Crippen molar-refractivity contribution in [1.29, 1.82) is 0 Å². The van der Waals surface area contributed by atoms with Crippen LogP contribution in [0, 0.1) is 12.8 Å². The molecular weight excluding hydrogens is 302 g/mol. The van der Waals surface area contributed by atoms with E-state index in [1.165, 1.54) is 25.0 Å². The largest absolute Gasteiger partial charge is 0.484 e. The molecule has 1 aliphatic carbocycles. The quantitative estimate of drug-likeness (QED) is 0.812. The molecule has 0 aromatic heterocycles. The minimum Gasteiger partial charge on any atom is -0.484 e. The molecule has 2 rings (SSSR count). The van der Waals surface area contributed by atoms with Crippen LogP contribution < -0.4 is 10.1 Å². The summed E-state index contributed by atoms with van der Waals surface area (Å²) >= 11 is 0. The molecule has 1 fully saturated rings. The lowest BCUT2D eigenvalue weighted by Crippen LogP contribution is -2.30. The normalized spacial score (nSPS) is 14.9. The number of carbonyl (C=O) groups excluding carboxylic acids is 1. The Labute approximate surface area is 122 Å². The molecule has 0 aliphatic heterocycles. The SMILES string of the molecule is Cc1cc(OCC(=O)NCC2CC2)ccc1S(=O)(=O)Cl. The van der Waals surface area contributed by atoms with Crippen molar-refractivity contribution >= 4 is 25.6 Å². The van der Waals surface area contributed by atoms with Gasteiger partial charge in [0.25, 0.3) is 15.0 Å². The zero-order valence-corrected chi connectivity index (χ0v) is 12.6. The van der Waals surface area contributed by atoms with Crippen LogP contribution in [0.3, 0.4) is 0 Å². The summed E-state index contributed by atoms with van der Waals surface area (Å²) in [4.78, 5) is 11.6. The second-order valence-electron chi connectivity index (χ2n) is 4.90. The van der Waals surface area contributed by atoms with Crippen LogP contribution in [0.2, 0.25) is 0 Å². The van der Waals surface area contributed by atoms with Crippen molar-refractivity contribution in [2.45, 2.75) is 24.7 Å². The number of nitrogens with one attached hydrogen (secondary N) is 1. The monoisotopic (exact) mass is 317 g/mol. The van der Waals surface area contributed by atoms with Gasteiger partial charge in [0.2, 0.25) is 0 Å². The Hall–Kier alpha value is -1.27. The van der Waals surface area contributed by atoms with Gasteiger partial charge in [0.05, 0.1) is 4.90 Å². The lowest BCUT2D eigenvalue weighted by Gasteiger charge is -2.09. The van der Waals surface area contributed by atoms with Crippen molar-refractivity contribution in [3.05, 3.63) is 23.8 Å². The van der Waals surface area contributed by atoms with Crippen LogP contribution in [0.1, 0.15) is 18.4 Å². The molecule has 110 valence electrons. The molecule has 1 aliphatic rings. The number of benzene rings is 1. The third-order valence-corrected chi connectivity index (χ3v) is 4.55. The van der Waals surface area contributed by atoms with Gasteiger partial charge in [-0.2, -0.15) is 0 Å². The summed E-state index contributed by atoms with van der Waals surface area (Å²) in [6, 6.07) is 4.40. The zero-order valence-electron chi connectivity index (χ0n) is 11.1. The van der Waals surface area contributed by atoms with Gasteiger partial charge in [-0.25, -0.2) is 8.42 Å². The summed E-state index contributed by atoms with van der Waals surface area (Å²) in [5.41, 5.74) is 0.482. The predicted molar refractivity (Wildman–Crippen MR) is 75.4 cm³/mol. The van der Waals surface area contributed by atoms with E-state index >= 15 is 0 Å². The fourth-order valence-electron chi connectivity index (χ4n) is 1.77. The number of hydrogen-bond donors (Lipinski definition) is 1. The molecule has 0 saturated heterocycles. The molecule has 1 aromatic rings. The molecular formula is C13H16ClNO4S. The number of hydrogen-bond acceptors (Lipinski definition) is 4. The fourth-order valence-corrected chi connectivity index (χ4v) is 2.96. The van der Waals surface area contributed by atoms with Crippen molar-refractivity contribution in [3.8, 4) is 5.75 Å². The summed E-state index contributed by atoms with van der Waals surface area (Å²) < 4.78 is 27.8. The summed E-state index contributed by atoms with van der Waals surface area (Å²) in [6.45, 7) is 2.24. The Morgan fingerprint density at radius 3 is 2.70 bits per heavy atom. The Bertz CT molecular complexity index is 611. The topological polar surface area (TPSA) is 72.5 Å². The molecule has 1 amide bonds. The highest BCUT2D eigenvalue weighted by Crippen LogP contribution is 2.27. The maximum Gasteiger partial charge on any atom is 0.261 e. The third kappa shape index (κ3) is 4.38. The van der Waals surface area contributed by atoms with Gasteiger partial charge in [0.1, 0.15) is 5.75 Å². The fraction of sp³-hybridized carbons (Fsp3) is 0.462. The molecule has 0 atom stereocenters. The van der Waals surface area contributed by atoms with E-state index in [0.717, 1.165) is 0 Å². The van der Waals surface area contributed by atoms with Gasteiger partial charge in [-0.1, -0.05) is 0 Å². The summed E-state index contributed by atoms with van der Waals surface area (Å²) in [7, 11) is 1.53. The van der Waals surface area contributed by atoms with Gasteiger partial charge in [-0.05, 0) is 49.4 Å². The Morgan fingerprint density at radius 2 is 2.15 bits per heavy atom. The summed E-state index contributed by atoms with van der Waals surface area (Å²) in [5, 5.41) is 2.78. The molecule has 0 heterocycles. The average Bonchev–Trinajstić information content (AvgIpc) is 3.16. The third-order valence-electron chi connectivity index (χ3n) is 3.06. The van der Waals surface area contributed by atoms with E-state index in [9.17, 15) is 13.2 Å². The van der Waals surface area contributed by atoms with E-state index in [1.54, 1.807) is 13.0 Å². The number of aryl methyl sites for hydroxylation is 1. The van der Waals surface area contributed by atoms with Gasteiger partial charge in [-0.15, -0.1) is 0 Å². The first-order chi connectivity index (χ1) is 9.36. The van der Waals surface area contributed by atoms with Crippen LogP contribution in [0.15, 0.2) is 23.1 Å². The standard InChI is InChI=1S/C13H16ClNO4S/c1-9-6-11(4-5-12(9)20(14,17)18)19-8-13(16)15-7-10-2-3-10/h4-6,10H,2-3,7-8H2,1H3,(H,15,16). The zero-order chi connectivity index (χ0) is 14.8. The average molecular weight is 318 g/mol. The van der Waals surface area contributed by atoms with Crippen LogP contribution in [0.25, 0.3) is 0 Å². The van der Waals surface area contributed by atoms with E-state index in [2.05, 4.69) is 5.32 Å². The first kappa shape index (κ1) is 15.1. The molecule has 7 heteroatoms. The maximum atomic E-state index is 11.5. The van der Waals surface area contributed by atoms with Crippen LogP contribution in [0.4, 0.5) is 0 Å². The van der Waals surface area contributed by atoms with Crippen molar-refractivity contribution in [3.63, 3.8) is 0 Å². The maximum absolute atomic E-state index is 11.5. The molecule has 0 bridgehead atoms. The van der Waals surface area contributed by atoms with Crippen LogP contribution in [0.5, 0.6) is 5.75 Å². The molecule has 1 aromatic carbocycles. The van der Waals surface area contributed by atoms with Crippen molar-refractivity contribution in [2.24, 2.45) is 5.92 Å². The lowest BCUT2D eigenvalue weighted by atomic mass is 10.2. The van der Waals surface area contributed by atoms with E-state index in [-0.39, 0.29) is 17.4 Å². The van der Waals surface area contributed by atoms with Crippen LogP contribution in [-0.4, -0.2) is 27.5 Å². The Morgan fingerprint density at radius 1 is 1.45 bits per heavy atom.